The van der Waals surface area contributed by atoms with Crippen molar-refractivity contribution in [2.75, 3.05) is 32.2 Å². The number of nitrogens with zero attached hydrogens (tertiary/aromatic N) is 1. The van der Waals surface area contributed by atoms with Crippen LogP contribution in [0.3, 0.4) is 0 Å². The summed E-state index contributed by atoms with van der Waals surface area (Å²) < 4.78 is 29.4. The van der Waals surface area contributed by atoms with Crippen molar-refractivity contribution in [3.8, 4) is 5.75 Å². The first-order valence-electron chi connectivity index (χ1n) is 9.94. The maximum atomic E-state index is 13.2. The van der Waals surface area contributed by atoms with E-state index < -0.39 is 9.84 Å². The van der Waals surface area contributed by atoms with Gasteiger partial charge in [0.25, 0.3) is 5.91 Å². The van der Waals surface area contributed by atoms with Gasteiger partial charge in [0.1, 0.15) is 12.3 Å². The third kappa shape index (κ3) is 5.19. The third-order valence-corrected chi connectivity index (χ3v) is 7.78. The Morgan fingerprint density at radius 2 is 1.96 bits per heavy atom. The predicted molar refractivity (Wildman–Crippen MR) is 110 cm³/mol. The van der Waals surface area contributed by atoms with Crippen LogP contribution in [0.5, 0.6) is 5.75 Å². The lowest BCUT2D eigenvalue weighted by Gasteiger charge is -2.34. The SMILES string of the molecule is COc1ccc(Cl)cc1C[NH+](C)CC(=O)N(C1CCCC1)[C@@H]1CCS(=O)(=O)C1. The van der Waals surface area contributed by atoms with Crippen LogP contribution in [0, 0.1) is 0 Å². The van der Waals surface area contributed by atoms with E-state index in [0.717, 1.165) is 41.9 Å². The van der Waals surface area contributed by atoms with E-state index in [2.05, 4.69) is 0 Å². The fraction of sp³-hybridized carbons (Fsp3) is 0.650. The van der Waals surface area contributed by atoms with E-state index in [1.165, 1.54) is 0 Å². The van der Waals surface area contributed by atoms with Crippen LogP contribution in [0.15, 0.2) is 18.2 Å². The van der Waals surface area contributed by atoms with Gasteiger partial charge in [0.2, 0.25) is 0 Å². The molecule has 0 radical (unpaired) electrons. The molecule has 2 aliphatic rings. The minimum Gasteiger partial charge on any atom is -0.496 e. The van der Waals surface area contributed by atoms with Gasteiger partial charge in [-0.1, -0.05) is 24.4 Å². The number of methoxy groups -OCH3 is 1. The van der Waals surface area contributed by atoms with Crippen molar-refractivity contribution in [3.63, 3.8) is 0 Å². The Balaban J connectivity index is 1.70. The van der Waals surface area contributed by atoms with Crippen molar-refractivity contribution in [2.24, 2.45) is 0 Å². The van der Waals surface area contributed by atoms with Crippen molar-refractivity contribution in [3.05, 3.63) is 28.8 Å². The number of halogens is 1. The standard InChI is InChI=1S/C20H29ClN2O4S/c1-22(12-15-11-16(21)7-8-19(15)27-2)13-20(24)23(17-5-3-4-6-17)18-9-10-28(25,26)14-18/h7-8,11,17-18H,3-6,9-10,12-14H2,1-2H3/p+1/t18-/m1/s1. The van der Waals surface area contributed by atoms with Gasteiger partial charge in [0.05, 0.1) is 25.7 Å². The van der Waals surface area contributed by atoms with Crippen molar-refractivity contribution in [1.82, 2.24) is 4.90 Å². The van der Waals surface area contributed by atoms with Gasteiger partial charge in [-0.05, 0) is 37.5 Å². The van der Waals surface area contributed by atoms with Crippen molar-refractivity contribution < 1.29 is 22.8 Å². The van der Waals surface area contributed by atoms with E-state index in [1.807, 2.05) is 24.1 Å². The monoisotopic (exact) mass is 429 g/mol. The summed E-state index contributed by atoms with van der Waals surface area (Å²) >= 11 is 6.12. The molecule has 0 spiro atoms. The van der Waals surface area contributed by atoms with Crippen LogP contribution < -0.4 is 9.64 Å². The number of amides is 1. The second-order valence-electron chi connectivity index (χ2n) is 8.06. The van der Waals surface area contributed by atoms with Crippen LogP contribution >= 0.6 is 11.6 Å². The maximum Gasteiger partial charge on any atom is 0.278 e. The zero-order chi connectivity index (χ0) is 20.3. The summed E-state index contributed by atoms with van der Waals surface area (Å²) in [5.41, 5.74) is 0.955. The Bertz CT molecular complexity index is 808. The second kappa shape index (κ2) is 9.01. The van der Waals surface area contributed by atoms with Crippen LogP contribution in [0.2, 0.25) is 5.02 Å². The van der Waals surface area contributed by atoms with Crippen LogP contribution in [-0.2, 0) is 21.2 Å². The maximum absolute atomic E-state index is 13.2. The van der Waals surface area contributed by atoms with Crippen molar-refractivity contribution in [2.45, 2.75) is 50.7 Å². The van der Waals surface area contributed by atoms with Gasteiger partial charge in [-0.15, -0.1) is 0 Å². The molecule has 2 fully saturated rings. The molecule has 1 saturated heterocycles. The quantitative estimate of drug-likeness (QED) is 0.709. The van der Waals surface area contributed by atoms with Gasteiger partial charge in [0, 0.05) is 22.7 Å². The molecule has 1 N–H and O–H groups in total. The zero-order valence-corrected chi connectivity index (χ0v) is 18.2. The van der Waals surface area contributed by atoms with Crippen LogP contribution in [-0.4, -0.2) is 63.5 Å². The Hall–Kier alpha value is -1.31. The molecule has 1 amide bonds. The first-order valence-corrected chi connectivity index (χ1v) is 12.1. The predicted octanol–water partition coefficient (Wildman–Crippen LogP) is 1.32. The van der Waals surface area contributed by atoms with E-state index >= 15 is 0 Å². The molecule has 0 aromatic heterocycles. The molecule has 1 saturated carbocycles. The van der Waals surface area contributed by atoms with Crippen LogP contribution in [0.4, 0.5) is 0 Å². The lowest BCUT2D eigenvalue weighted by Crippen LogP contribution is -3.09. The third-order valence-electron chi connectivity index (χ3n) is 5.80. The lowest BCUT2D eigenvalue weighted by atomic mass is 10.1. The zero-order valence-electron chi connectivity index (χ0n) is 16.6. The number of quaternary nitrogens is 1. The molecule has 0 bridgehead atoms. The van der Waals surface area contributed by atoms with Gasteiger partial charge in [-0.25, -0.2) is 8.42 Å². The minimum atomic E-state index is -3.03. The van der Waals surface area contributed by atoms with Crippen molar-refractivity contribution >= 4 is 27.3 Å². The first-order chi connectivity index (χ1) is 13.3. The summed E-state index contributed by atoms with van der Waals surface area (Å²) in [5.74, 6) is 1.10. The number of carbonyl (C=O) groups excluding carboxylic acids is 1. The van der Waals surface area contributed by atoms with Gasteiger partial charge in [0.15, 0.2) is 16.4 Å². The van der Waals surface area contributed by atoms with E-state index in [0.29, 0.717) is 24.5 Å². The van der Waals surface area contributed by atoms with E-state index in [1.54, 1.807) is 13.2 Å². The number of carbonyl (C=O) groups is 1. The number of benzene rings is 1. The summed E-state index contributed by atoms with van der Waals surface area (Å²) in [5, 5.41) is 0.638. The molecule has 1 aromatic rings. The summed E-state index contributed by atoms with van der Waals surface area (Å²) in [6.07, 6.45) is 4.73. The molecule has 2 atom stereocenters. The van der Waals surface area contributed by atoms with Gasteiger partial charge in [-0.2, -0.15) is 0 Å². The molecule has 1 aliphatic heterocycles. The lowest BCUT2D eigenvalue weighted by molar-refractivity contribution is -0.885. The molecule has 8 heteroatoms. The summed E-state index contributed by atoms with van der Waals surface area (Å²) in [7, 11) is 0.563. The highest BCUT2D eigenvalue weighted by Gasteiger charge is 2.39. The van der Waals surface area contributed by atoms with Gasteiger partial charge in [-0.3, -0.25) is 4.79 Å². The normalized spacial score (nSPS) is 22.9. The van der Waals surface area contributed by atoms with Crippen LogP contribution in [0.25, 0.3) is 0 Å². The molecule has 1 unspecified atom stereocenters. The molecule has 1 aromatic carbocycles. The molecule has 1 heterocycles. The minimum absolute atomic E-state index is 0.0486. The molecule has 6 nitrogen and oxygen atoms in total. The number of sulfone groups is 1. The topological polar surface area (TPSA) is 68.1 Å². The van der Waals surface area contributed by atoms with Gasteiger partial charge >= 0.3 is 0 Å². The fourth-order valence-electron chi connectivity index (χ4n) is 4.50. The van der Waals surface area contributed by atoms with Gasteiger partial charge < -0.3 is 14.5 Å². The van der Waals surface area contributed by atoms with E-state index in [9.17, 15) is 13.2 Å². The molecule has 156 valence electrons. The smallest absolute Gasteiger partial charge is 0.278 e. The highest BCUT2D eigenvalue weighted by Crippen LogP contribution is 2.29. The summed E-state index contributed by atoms with van der Waals surface area (Å²) in [4.78, 5) is 16.1. The average Bonchev–Trinajstić information content (AvgIpc) is 3.25. The molecular weight excluding hydrogens is 400 g/mol. The number of rotatable bonds is 7. The largest absolute Gasteiger partial charge is 0.496 e. The Morgan fingerprint density at radius 1 is 1.25 bits per heavy atom. The average molecular weight is 430 g/mol. The molecule has 3 rings (SSSR count). The highest BCUT2D eigenvalue weighted by molar-refractivity contribution is 7.91. The Kier molecular flexibility index (Phi) is 6.89. The fourth-order valence-corrected chi connectivity index (χ4v) is 6.41. The van der Waals surface area contributed by atoms with Crippen LogP contribution in [0.1, 0.15) is 37.7 Å². The number of hydrogen-bond acceptors (Lipinski definition) is 4. The summed E-state index contributed by atoms with van der Waals surface area (Å²) in [6, 6.07) is 5.49. The number of likely N-dealkylation sites (N-methyl/N-ethyl adjacent to an activating group) is 1. The number of ether oxygens (including phenoxy) is 1. The highest BCUT2D eigenvalue weighted by atomic mass is 35.5. The molecule has 28 heavy (non-hydrogen) atoms. The second-order valence-corrected chi connectivity index (χ2v) is 10.7. The number of nitrogens with one attached hydrogen (secondary N) is 1. The van der Waals surface area contributed by atoms with Crippen molar-refractivity contribution in [1.29, 1.82) is 0 Å². The van der Waals surface area contributed by atoms with E-state index in [-0.39, 0.29) is 29.5 Å². The molecule has 1 aliphatic carbocycles. The summed E-state index contributed by atoms with van der Waals surface area (Å²) in [6.45, 7) is 0.930. The Labute approximate surface area is 172 Å². The first kappa shape index (κ1) is 21.4. The molecular formula is C20H30ClN2O4S+. The number of hydrogen-bond donors (Lipinski definition) is 1. The Morgan fingerprint density at radius 3 is 2.57 bits per heavy atom. The van der Waals surface area contributed by atoms with E-state index in [4.69, 9.17) is 16.3 Å².